The number of halogens is 1. The van der Waals surface area contributed by atoms with Gasteiger partial charge < -0.3 is 10.4 Å². The van der Waals surface area contributed by atoms with Crippen LogP contribution >= 0.6 is 15.9 Å². The number of carboxylic acids is 1. The second-order valence-electron chi connectivity index (χ2n) is 4.24. The van der Waals surface area contributed by atoms with Crippen molar-refractivity contribution in [2.45, 2.75) is 6.92 Å². The molecule has 0 radical (unpaired) electrons. The zero-order chi connectivity index (χ0) is 15.6. The van der Waals surface area contributed by atoms with Crippen LogP contribution in [0.15, 0.2) is 34.9 Å². The van der Waals surface area contributed by atoms with Gasteiger partial charge in [-0.1, -0.05) is 15.9 Å². The van der Waals surface area contributed by atoms with Crippen molar-refractivity contribution in [1.82, 2.24) is 4.98 Å². The summed E-state index contributed by atoms with van der Waals surface area (Å²) in [4.78, 5) is 25.0. The fourth-order valence-corrected chi connectivity index (χ4v) is 2.19. The normalized spacial score (nSPS) is 10.2. The first-order valence-electron chi connectivity index (χ1n) is 5.79. The van der Waals surface area contributed by atoms with Gasteiger partial charge in [-0.15, -0.1) is 0 Å². The van der Waals surface area contributed by atoms with Crippen molar-refractivity contribution in [3.63, 3.8) is 0 Å². The van der Waals surface area contributed by atoms with Gasteiger partial charge in [-0.2, -0.15) is 0 Å². The molecule has 2 rings (SSSR count). The molecule has 0 fully saturated rings. The van der Waals surface area contributed by atoms with Gasteiger partial charge >= 0.3 is 5.97 Å². The molecule has 1 aromatic heterocycles. The quantitative estimate of drug-likeness (QED) is 0.644. The van der Waals surface area contributed by atoms with Crippen LogP contribution in [0.5, 0.6) is 0 Å². The van der Waals surface area contributed by atoms with Gasteiger partial charge in [0, 0.05) is 16.2 Å². The molecule has 0 unspecified atom stereocenters. The lowest BCUT2D eigenvalue weighted by molar-refractivity contribution is -0.385. The Bertz CT molecular complexity index is 733. The molecule has 0 saturated heterocycles. The molecule has 21 heavy (non-hydrogen) atoms. The summed E-state index contributed by atoms with van der Waals surface area (Å²) in [5, 5.41) is 22.7. The van der Waals surface area contributed by atoms with E-state index in [1.807, 2.05) is 13.0 Å². The number of aromatic nitrogens is 1. The molecule has 2 aromatic rings. The molecule has 0 aliphatic rings. The van der Waals surface area contributed by atoms with Gasteiger partial charge in [0.15, 0.2) is 0 Å². The van der Waals surface area contributed by atoms with Gasteiger partial charge in [0.25, 0.3) is 5.69 Å². The van der Waals surface area contributed by atoms with Gasteiger partial charge in [-0.3, -0.25) is 10.1 Å². The number of aromatic carboxylic acids is 1. The van der Waals surface area contributed by atoms with E-state index in [-0.39, 0.29) is 17.1 Å². The standard InChI is InChI=1S/C13H10BrN3O4/c1-7-4-8(14)2-3-11(7)16-12-10(13(18)19)5-9(6-15-12)17(20)21/h2-6H,1H3,(H,15,16)(H,18,19). The lowest BCUT2D eigenvalue weighted by Gasteiger charge is -2.11. The number of hydrogen-bond donors (Lipinski definition) is 2. The molecule has 0 amide bonds. The van der Waals surface area contributed by atoms with Crippen LogP contribution in [0.3, 0.4) is 0 Å². The van der Waals surface area contributed by atoms with E-state index < -0.39 is 10.9 Å². The second kappa shape index (κ2) is 5.88. The summed E-state index contributed by atoms with van der Waals surface area (Å²) in [6.45, 7) is 1.85. The smallest absolute Gasteiger partial charge is 0.339 e. The van der Waals surface area contributed by atoms with Crippen molar-refractivity contribution in [1.29, 1.82) is 0 Å². The summed E-state index contributed by atoms with van der Waals surface area (Å²) >= 11 is 3.33. The molecule has 2 N–H and O–H groups in total. The molecule has 8 heteroatoms. The van der Waals surface area contributed by atoms with Crippen LogP contribution in [0.4, 0.5) is 17.2 Å². The molecular formula is C13H10BrN3O4. The van der Waals surface area contributed by atoms with E-state index in [1.54, 1.807) is 12.1 Å². The van der Waals surface area contributed by atoms with Crippen molar-refractivity contribution < 1.29 is 14.8 Å². The minimum Gasteiger partial charge on any atom is -0.478 e. The predicted octanol–water partition coefficient (Wildman–Crippen LogP) is 3.50. The van der Waals surface area contributed by atoms with Gasteiger partial charge in [-0.25, -0.2) is 9.78 Å². The third-order valence-corrected chi connectivity index (χ3v) is 3.25. The molecule has 0 saturated carbocycles. The highest BCUT2D eigenvalue weighted by Crippen LogP contribution is 2.26. The van der Waals surface area contributed by atoms with Crippen LogP contribution in [-0.2, 0) is 0 Å². The topological polar surface area (TPSA) is 105 Å². The maximum atomic E-state index is 11.2. The summed E-state index contributed by atoms with van der Waals surface area (Å²) < 4.78 is 0.890. The Morgan fingerprint density at radius 2 is 2.14 bits per heavy atom. The van der Waals surface area contributed by atoms with E-state index in [0.29, 0.717) is 5.69 Å². The van der Waals surface area contributed by atoms with Crippen LogP contribution in [0.1, 0.15) is 15.9 Å². The lowest BCUT2D eigenvalue weighted by atomic mass is 10.2. The number of hydrogen-bond acceptors (Lipinski definition) is 5. The molecule has 0 spiro atoms. The number of anilines is 2. The average Bonchev–Trinajstić information content (AvgIpc) is 2.41. The summed E-state index contributed by atoms with van der Waals surface area (Å²) in [6.07, 6.45) is 1.02. The maximum absolute atomic E-state index is 11.2. The Labute approximate surface area is 127 Å². The third kappa shape index (κ3) is 3.34. The first-order valence-corrected chi connectivity index (χ1v) is 6.58. The number of nitrogens with one attached hydrogen (secondary N) is 1. The van der Waals surface area contributed by atoms with Crippen LogP contribution < -0.4 is 5.32 Å². The zero-order valence-electron chi connectivity index (χ0n) is 10.8. The molecule has 0 aliphatic heterocycles. The van der Waals surface area contributed by atoms with Crippen molar-refractivity contribution in [2.24, 2.45) is 0 Å². The largest absolute Gasteiger partial charge is 0.478 e. The highest BCUT2D eigenvalue weighted by molar-refractivity contribution is 9.10. The average molecular weight is 352 g/mol. The molecule has 7 nitrogen and oxygen atoms in total. The molecular weight excluding hydrogens is 342 g/mol. The minimum atomic E-state index is -1.29. The molecule has 0 aliphatic carbocycles. The summed E-state index contributed by atoms with van der Waals surface area (Å²) in [6, 6.07) is 6.38. The number of carbonyl (C=O) groups is 1. The fraction of sp³-hybridized carbons (Fsp3) is 0.0769. The highest BCUT2D eigenvalue weighted by atomic mass is 79.9. The van der Waals surface area contributed by atoms with Gasteiger partial charge in [0.2, 0.25) is 0 Å². The first kappa shape index (κ1) is 14.9. The van der Waals surface area contributed by atoms with E-state index in [1.165, 1.54) is 0 Å². The number of nitrogens with zero attached hydrogens (tertiary/aromatic N) is 2. The second-order valence-corrected chi connectivity index (χ2v) is 5.15. The van der Waals surface area contributed by atoms with E-state index in [0.717, 1.165) is 22.3 Å². The molecule has 108 valence electrons. The van der Waals surface area contributed by atoms with Crippen LogP contribution in [0, 0.1) is 17.0 Å². The highest BCUT2D eigenvalue weighted by Gasteiger charge is 2.18. The predicted molar refractivity (Wildman–Crippen MR) is 80.0 cm³/mol. The monoisotopic (exact) mass is 351 g/mol. The summed E-state index contributed by atoms with van der Waals surface area (Å²) in [5.74, 6) is -1.23. The minimum absolute atomic E-state index is 0.0542. The first-order chi connectivity index (χ1) is 9.88. The van der Waals surface area contributed by atoms with Crippen molar-refractivity contribution in [2.75, 3.05) is 5.32 Å². The van der Waals surface area contributed by atoms with Gasteiger partial charge in [0.1, 0.15) is 17.6 Å². The van der Waals surface area contributed by atoms with E-state index in [9.17, 15) is 14.9 Å². The van der Waals surface area contributed by atoms with Crippen LogP contribution in [-0.4, -0.2) is 21.0 Å². The Morgan fingerprint density at radius 3 is 2.71 bits per heavy atom. The van der Waals surface area contributed by atoms with E-state index in [4.69, 9.17) is 5.11 Å². The molecule has 1 aromatic carbocycles. The number of aryl methyl sites for hydroxylation is 1. The van der Waals surface area contributed by atoms with Crippen LogP contribution in [0.2, 0.25) is 0 Å². The van der Waals surface area contributed by atoms with Gasteiger partial charge in [-0.05, 0) is 30.7 Å². The number of nitro groups is 1. The molecule has 0 atom stereocenters. The number of rotatable bonds is 4. The Morgan fingerprint density at radius 1 is 1.43 bits per heavy atom. The van der Waals surface area contributed by atoms with E-state index in [2.05, 4.69) is 26.2 Å². The Hall–Kier alpha value is -2.48. The van der Waals surface area contributed by atoms with Gasteiger partial charge in [0.05, 0.1) is 4.92 Å². The van der Waals surface area contributed by atoms with Crippen molar-refractivity contribution >= 4 is 39.1 Å². The number of benzene rings is 1. The van der Waals surface area contributed by atoms with Crippen molar-refractivity contribution in [3.05, 3.63) is 56.2 Å². The number of carboxylic acid groups (broad SMARTS) is 1. The van der Waals surface area contributed by atoms with Crippen molar-refractivity contribution in [3.8, 4) is 0 Å². The Kier molecular flexibility index (Phi) is 4.18. The zero-order valence-corrected chi connectivity index (χ0v) is 12.4. The number of pyridine rings is 1. The fourth-order valence-electron chi connectivity index (χ4n) is 1.71. The lowest BCUT2D eigenvalue weighted by Crippen LogP contribution is -2.06. The maximum Gasteiger partial charge on any atom is 0.339 e. The van der Waals surface area contributed by atoms with Crippen LogP contribution in [0.25, 0.3) is 0 Å². The molecule has 0 bridgehead atoms. The summed E-state index contributed by atoms with van der Waals surface area (Å²) in [5.41, 5.74) is 0.917. The molecule has 1 heterocycles. The Balaban J connectivity index is 2.44. The van der Waals surface area contributed by atoms with E-state index >= 15 is 0 Å². The third-order valence-electron chi connectivity index (χ3n) is 2.76. The SMILES string of the molecule is Cc1cc(Br)ccc1Nc1ncc([N+](=O)[O-])cc1C(=O)O. The summed E-state index contributed by atoms with van der Waals surface area (Å²) in [7, 11) is 0.